The molecule has 2 N–H and O–H groups in total. The molecule has 0 atom stereocenters. The molecule has 1 aliphatic rings. The standard InChI is InChI=1S/C13H11FN2O2/c14-9-5-3-7(4-6-9)10-12(17)15-11(8-1-2-8)16-13(10)18/h3-6,8H,1-2H2,(H2,15,16,17,18). The molecule has 5 heteroatoms. The fourth-order valence-electron chi connectivity index (χ4n) is 1.91. The molecule has 0 unspecified atom stereocenters. The maximum absolute atomic E-state index is 12.8. The van der Waals surface area contributed by atoms with Gasteiger partial charge >= 0.3 is 0 Å². The molecule has 1 aromatic carbocycles. The first-order valence-corrected chi connectivity index (χ1v) is 5.74. The van der Waals surface area contributed by atoms with Crippen LogP contribution < -0.4 is 5.56 Å². The number of H-pyrrole nitrogens is 1. The summed E-state index contributed by atoms with van der Waals surface area (Å²) in [5.74, 6) is 0.0960. The number of aromatic amines is 1. The lowest BCUT2D eigenvalue weighted by molar-refractivity contribution is 0.450. The molecular weight excluding hydrogens is 235 g/mol. The molecule has 92 valence electrons. The zero-order valence-electron chi connectivity index (χ0n) is 9.48. The highest BCUT2D eigenvalue weighted by molar-refractivity contribution is 5.67. The summed E-state index contributed by atoms with van der Waals surface area (Å²) < 4.78 is 12.8. The highest BCUT2D eigenvalue weighted by Gasteiger charge is 2.27. The van der Waals surface area contributed by atoms with Crippen LogP contribution in [-0.2, 0) is 0 Å². The number of hydrogen-bond acceptors (Lipinski definition) is 3. The normalized spacial score (nSPS) is 14.7. The van der Waals surface area contributed by atoms with E-state index in [0.29, 0.717) is 11.4 Å². The molecule has 1 aliphatic carbocycles. The molecular formula is C13H11FN2O2. The van der Waals surface area contributed by atoms with E-state index in [1.807, 2.05) is 0 Å². The van der Waals surface area contributed by atoms with Gasteiger partial charge in [-0.25, -0.2) is 4.39 Å². The van der Waals surface area contributed by atoms with Crippen LogP contribution in [0.15, 0.2) is 29.1 Å². The minimum absolute atomic E-state index is 0.0828. The van der Waals surface area contributed by atoms with Crippen LogP contribution in [-0.4, -0.2) is 15.1 Å². The van der Waals surface area contributed by atoms with Gasteiger partial charge in [-0.15, -0.1) is 0 Å². The Kier molecular flexibility index (Phi) is 2.40. The van der Waals surface area contributed by atoms with E-state index in [9.17, 15) is 14.3 Å². The fourth-order valence-corrected chi connectivity index (χ4v) is 1.91. The van der Waals surface area contributed by atoms with Gasteiger partial charge in [0.2, 0.25) is 5.88 Å². The molecule has 1 aromatic heterocycles. The van der Waals surface area contributed by atoms with Crippen LogP contribution in [0.5, 0.6) is 5.88 Å². The number of aromatic nitrogens is 2. The van der Waals surface area contributed by atoms with Gasteiger partial charge in [-0.3, -0.25) is 4.79 Å². The second-order valence-electron chi connectivity index (χ2n) is 4.43. The van der Waals surface area contributed by atoms with Gasteiger partial charge in [0.15, 0.2) is 0 Å². The van der Waals surface area contributed by atoms with Gasteiger partial charge in [0.25, 0.3) is 5.56 Å². The molecule has 0 radical (unpaired) electrons. The van der Waals surface area contributed by atoms with Crippen molar-refractivity contribution in [2.75, 3.05) is 0 Å². The molecule has 1 saturated carbocycles. The topological polar surface area (TPSA) is 66.0 Å². The molecule has 1 heterocycles. The van der Waals surface area contributed by atoms with Gasteiger partial charge in [-0.1, -0.05) is 12.1 Å². The Labute approximate surface area is 102 Å². The third kappa shape index (κ3) is 1.88. The maximum atomic E-state index is 12.8. The van der Waals surface area contributed by atoms with Crippen LogP contribution in [0.3, 0.4) is 0 Å². The molecule has 3 rings (SSSR count). The van der Waals surface area contributed by atoms with Gasteiger partial charge < -0.3 is 10.1 Å². The molecule has 1 fully saturated rings. The van der Waals surface area contributed by atoms with E-state index in [1.165, 1.54) is 24.3 Å². The van der Waals surface area contributed by atoms with Gasteiger partial charge in [0.05, 0.1) is 0 Å². The van der Waals surface area contributed by atoms with E-state index in [2.05, 4.69) is 9.97 Å². The first-order chi connectivity index (χ1) is 8.65. The van der Waals surface area contributed by atoms with Crippen LogP contribution in [0.2, 0.25) is 0 Å². The Hall–Kier alpha value is -2.17. The molecule has 18 heavy (non-hydrogen) atoms. The van der Waals surface area contributed by atoms with Gasteiger partial charge in [0.1, 0.15) is 17.2 Å². The van der Waals surface area contributed by atoms with Crippen LogP contribution in [0.1, 0.15) is 24.6 Å². The van der Waals surface area contributed by atoms with Crippen LogP contribution >= 0.6 is 0 Å². The molecule has 2 aromatic rings. The summed E-state index contributed by atoms with van der Waals surface area (Å²) in [5.41, 5.74) is 0.139. The van der Waals surface area contributed by atoms with Gasteiger partial charge in [-0.05, 0) is 30.5 Å². The average molecular weight is 246 g/mol. The minimum Gasteiger partial charge on any atom is -0.493 e. The quantitative estimate of drug-likeness (QED) is 0.853. The smallest absolute Gasteiger partial charge is 0.262 e. The van der Waals surface area contributed by atoms with Crippen molar-refractivity contribution in [3.8, 4) is 17.0 Å². The van der Waals surface area contributed by atoms with E-state index in [4.69, 9.17) is 0 Å². The predicted octanol–water partition coefficient (Wildman–Crippen LogP) is 2.16. The zero-order valence-corrected chi connectivity index (χ0v) is 9.48. The lowest BCUT2D eigenvalue weighted by Crippen LogP contribution is -2.13. The lowest BCUT2D eigenvalue weighted by atomic mass is 10.1. The SMILES string of the molecule is O=c1[nH]c(C2CC2)nc(O)c1-c1ccc(F)cc1. The highest BCUT2D eigenvalue weighted by Crippen LogP contribution is 2.38. The van der Waals surface area contributed by atoms with E-state index in [-0.39, 0.29) is 17.4 Å². The fraction of sp³-hybridized carbons (Fsp3) is 0.231. The van der Waals surface area contributed by atoms with Crippen molar-refractivity contribution >= 4 is 0 Å². The van der Waals surface area contributed by atoms with Crippen molar-refractivity contribution in [1.82, 2.24) is 9.97 Å². The van der Waals surface area contributed by atoms with Gasteiger partial charge in [-0.2, -0.15) is 4.98 Å². The Morgan fingerprint density at radius 1 is 1.28 bits per heavy atom. The molecule has 0 bridgehead atoms. The molecule has 0 aliphatic heterocycles. The highest BCUT2D eigenvalue weighted by atomic mass is 19.1. The Balaban J connectivity index is 2.11. The van der Waals surface area contributed by atoms with E-state index in [0.717, 1.165) is 12.8 Å². The second kappa shape index (κ2) is 3.94. The minimum atomic E-state index is -0.393. The van der Waals surface area contributed by atoms with E-state index >= 15 is 0 Å². The number of rotatable bonds is 2. The summed E-state index contributed by atoms with van der Waals surface area (Å²) in [7, 11) is 0. The molecule has 0 amide bonds. The van der Waals surface area contributed by atoms with Gasteiger partial charge in [0, 0.05) is 5.92 Å². The Bertz CT molecular complexity index is 645. The van der Waals surface area contributed by atoms with Crippen molar-refractivity contribution in [1.29, 1.82) is 0 Å². The largest absolute Gasteiger partial charge is 0.493 e. The van der Waals surface area contributed by atoms with E-state index < -0.39 is 11.4 Å². The van der Waals surface area contributed by atoms with Crippen LogP contribution in [0.4, 0.5) is 4.39 Å². The maximum Gasteiger partial charge on any atom is 0.262 e. The van der Waals surface area contributed by atoms with Crippen molar-refractivity contribution in [2.45, 2.75) is 18.8 Å². The summed E-state index contributed by atoms with van der Waals surface area (Å²) in [5, 5.41) is 9.85. The predicted molar refractivity (Wildman–Crippen MR) is 63.9 cm³/mol. The molecule has 4 nitrogen and oxygen atoms in total. The first kappa shape index (κ1) is 11.0. The third-order valence-electron chi connectivity index (χ3n) is 3.02. The number of benzene rings is 1. The van der Waals surface area contributed by atoms with Crippen molar-refractivity contribution < 1.29 is 9.50 Å². The summed E-state index contributed by atoms with van der Waals surface area (Å²) in [6.45, 7) is 0. The van der Waals surface area contributed by atoms with Crippen LogP contribution in [0, 0.1) is 5.82 Å². The van der Waals surface area contributed by atoms with Crippen molar-refractivity contribution in [3.63, 3.8) is 0 Å². The summed E-state index contributed by atoms with van der Waals surface area (Å²) in [4.78, 5) is 18.6. The molecule has 0 spiro atoms. The van der Waals surface area contributed by atoms with Crippen molar-refractivity contribution in [2.24, 2.45) is 0 Å². The average Bonchev–Trinajstić information content (AvgIpc) is 3.14. The number of nitrogens with zero attached hydrogens (tertiary/aromatic N) is 1. The Morgan fingerprint density at radius 2 is 1.94 bits per heavy atom. The second-order valence-corrected chi connectivity index (χ2v) is 4.43. The Morgan fingerprint density at radius 3 is 2.50 bits per heavy atom. The summed E-state index contributed by atoms with van der Waals surface area (Å²) in [6.07, 6.45) is 1.97. The third-order valence-corrected chi connectivity index (χ3v) is 3.02. The first-order valence-electron chi connectivity index (χ1n) is 5.74. The lowest BCUT2D eigenvalue weighted by Gasteiger charge is -2.05. The monoisotopic (exact) mass is 246 g/mol. The molecule has 0 saturated heterocycles. The number of nitrogens with one attached hydrogen (secondary N) is 1. The summed E-state index contributed by atoms with van der Waals surface area (Å²) >= 11 is 0. The number of halogens is 1. The van der Waals surface area contributed by atoms with Crippen molar-refractivity contribution in [3.05, 3.63) is 46.3 Å². The zero-order chi connectivity index (χ0) is 12.7. The van der Waals surface area contributed by atoms with Crippen LogP contribution in [0.25, 0.3) is 11.1 Å². The number of aromatic hydroxyl groups is 1. The number of hydrogen-bond donors (Lipinski definition) is 2. The summed E-state index contributed by atoms with van der Waals surface area (Å²) in [6, 6.07) is 5.36. The van der Waals surface area contributed by atoms with E-state index in [1.54, 1.807) is 0 Å².